The molecule has 5 nitrogen and oxygen atoms in total. The fraction of sp³-hybridized carbons (Fsp3) is 0.458. The molecule has 0 fully saturated rings. The molecule has 0 radical (unpaired) electrons. The molecule has 6 heteroatoms. The van der Waals surface area contributed by atoms with Gasteiger partial charge in [-0.2, -0.15) is 0 Å². The second kappa shape index (κ2) is 10.2. The van der Waals surface area contributed by atoms with E-state index in [1.165, 1.54) is 5.56 Å². The summed E-state index contributed by atoms with van der Waals surface area (Å²) < 4.78 is 27.1. The maximum atomic E-state index is 12.3. The standard InChI is InChI=1S/C24H34N2O3S/c1-18(2)26-30(28,29)17-21-9-7-6-8-20(21)16-25-23(27)15-12-19-10-13-22(14-11-19)24(3,4)5/h6-11,13-14,18,26H,12,15-17H2,1-5H3,(H,25,27). The first-order chi connectivity index (χ1) is 14.0. The molecule has 1 amide bonds. The van der Waals surface area contributed by atoms with E-state index in [4.69, 9.17) is 0 Å². The third-order valence-electron chi connectivity index (χ3n) is 4.82. The van der Waals surface area contributed by atoms with Crippen LogP contribution in [0.3, 0.4) is 0 Å². The minimum atomic E-state index is -3.42. The number of carbonyl (C=O) groups excluding carboxylic acids is 1. The summed E-state index contributed by atoms with van der Waals surface area (Å²) in [6, 6.07) is 15.6. The molecular weight excluding hydrogens is 396 g/mol. The lowest BCUT2D eigenvalue weighted by Crippen LogP contribution is -2.32. The molecule has 2 aromatic carbocycles. The zero-order chi connectivity index (χ0) is 22.4. The average Bonchev–Trinajstić information content (AvgIpc) is 2.64. The lowest BCUT2D eigenvalue weighted by Gasteiger charge is -2.19. The molecule has 0 aliphatic carbocycles. The van der Waals surface area contributed by atoms with Crippen molar-refractivity contribution in [1.82, 2.24) is 10.0 Å². The number of hydrogen-bond acceptors (Lipinski definition) is 3. The van der Waals surface area contributed by atoms with Gasteiger partial charge in [-0.05, 0) is 47.9 Å². The molecule has 0 unspecified atom stereocenters. The predicted molar refractivity (Wildman–Crippen MR) is 123 cm³/mol. The first kappa shape index (κ1) is 24.1. The van der Waals surface area contributed by atoms with Crippen molar-refractivity contribution in [2.75, 3.05) is 0 Å². The Bertz CT molecular complexity index is 943. The molecule has 0 saturated carbocycles. The van der Waals surface area contributed by atoms with Gasteiger partial charge in [-0.1, -0.05) is 69.3 Å². The Kier molecular flexibility index (Phi) is 8.21. The summed E-state index contributed by atoms with van der Waals surface area (Å²) in [6.07, 6.45) is 1.06. The van der Waals surface area contributed by atoms with Crippen LogP contribution in [-0.4, -0.2) is 20.4 Å². The number of aryl methyl sites for hydroxylation is 1. The van der Waals surface area contributed by atoms with Crippen LogP contribution in [0.1, 0.15) is 63.3 Å². The van der Waals surface area contributed by atoms with Crippen LogP contribution >= 0.6 is 0 Å². The molecule has 0 heterocycles. The third-order valence-corrected chi connectivity index (χ3v) is 6.34. The van der Waals surface area contributed by atoms with Gasteiger partial charge in [0.25, 0.3) is 0 Å². The van der Waals surface area contributed by atoms with Gasteiger partial charge in [-0.15, -0.1) is 0 Å². The van der Waals surface area contributed by atoms with Gasteiger partial charge in [0.1, 0.15) is 0 Å². The fourth-order valence-electron chi connectivity index (χ4n) is 3.19. The molecule has 0 atom stereocenters. The lowest BCUT2D eigenvalue weighted by molar-refractivity contribution is -0.121. The van der Waals surface area contributed by atoms with E-state index in [-0.39, 0.29) is 23.1 Å². The second-order valence-corrected chi connectivity index (χ2v) is 10.8. The van der Waals surface area contributed by atoms with E-state index < -0.39 is 10.0 Å². The van der Waals surface area contributed by atoms with E-state index in [1.807, 2.05) is 18.2 Å². The number of carbonyl (C=O) groups is 1. The highest BCUT2D eigenvalue weighted by molar-refractivity contribution is 7.88. The Hall–Kier alpha value is -2.18. The number of rotatable bonds is 9. The van der Waals surface area contributed by atoms with Crippen LogP contribution in [0.2, 0.25) is 0 Å². The van der Waals surface area contributed by atoms with E-state index in [0.29, 0.717) is 24.9 Å². The summed E-state index contributed by atoms with van der Waals surface area (Å²) >= 11 is 0. The third kappa shape index (κ3) is 7.92. The molecule has 0 aromatic heterocycles. The SMILES string of the molecule is CC(C)NS(=O)(=O)Cc1ccccc1CNC(=O)CCc1ccc(C(C)(C)C)cc1. The van der Waals surface area contributed by atoms with Gasteiger partial charge in [-0.25, -0.2) is 13.1 Å². The van der Waals surface area contributed by atoms with Crippen molar-refractivity contribution in [2.24, 2.45) is 0 Å². The van der Waals surface area contributed by atoms with E-state index >= 15 is 0 Å². The molecule has 0 aliphatic rings. The number of nitrogens with one attached hydrogen (secondary N) is 2. The van der Waals surface area contributed by atoms with Crippen molar-refractivity contribution >= 4 is 15.9 Å². The largest absolute Gasteiger partial charge is 0.352 e. The minimum Gasteiger partial charge on any atom is -0.352 e. The molecular formula is C24H34N2O3S. The van der Waals surface area contributed by atoms with E-state index in [2.05, 4.69) is 55.1 Å². The maximum Gasteiger partial charge on any atom is 0.220 e. The molecule has 0 spiro atoms. The Morgan fingerprint density at radius 2 is 1.57 bits per heavy atom. The molecule has 0 saturated heterocycles. The second-order valence-electron chi connectivity index (χ2n) is 9.02. The molecule has 0 bridgehead atoms. The van der Waals surface area contributed by atoms with Crippen LogP contribution in [0.25, 0.3) is 0 Å². The average molecular weight is 431 g/mol. The number of hydrogen-bond donors (Lipinski definition) is 2. The summed E-state index contributed by atoms with van der Waals surface area (Å²) in [4.78, 5) is 12.3. The summed E-state index contributed by atoms with van der Waals surface area (Å²) in [5.74, 6) is -0.148. The van der Waals surface area contributed by atoms with E-state index in [1.54, 1.807) is 19.9 Å². The Morgan fingerprint density at radius 1 is 0.967 bits per heavy atom. The van der Waals surface area contributed by atoms with Crippen molar-refractivity contribution in [3.05, 3.63) is 70.8 Å². The summed E-state index contributed by atoms with van der Waals surface area (Å²) in [7, 11) is -3.42. The van der Waals surface area contributed by atoms with E-state index in [0.717, 1.165) is 11.1 Å². The van der Waals surface area contributed by atoms with Crippen molar-refractivity contribution in [2.45, 2.75) is 71.2 Å². The monoisotopic (exact) mass is 430 g/mol. The lowest BCUT2D eigenvalue weighted by atomic mass is 9.86. The maximum absolute atomic E-state index is 12.3. The first-order valence-corrected chi connectivity index (χ1v) is 12.0. The summed E-state index contributed by atoms with van der Waals surface area (Å²) in [6.45, 7) is 10.4. The van der Waals surface area contributed by atoms with Gasteiger partial charge in [0, 0.05) is 19.0 Å². The van der Waals surface area contributed by atoms with Crippen LogP contribution < -0.4 is 10.0 Å². The first-order valence-electron chi connectivity index (χ1n) is 10.4. The quantitative estimate of drug-likeness (QED) is 0.630. The minimum absolute atomic E-state index is 0.0483. The molecule has 30 heavy (non-hydrogen) atoms. The van der Waals surface area contributed by atoms with Gasteiger partial charge in [0.05, 0.1) is 5.75 Å². The highest BCUT2D eigenvalue weighted by Gasteiger charge is 2.16. The van der Waals surface area contributed by atoms with Crippen molar-refractivity contribution in [3.8, 4) is 0 Å². The Balaban J connectivity index is 1.91. The van der Waals surface area contributed by atoms with E-state index in [9.17, 15) is 13.2 Å². The number of amides is 1. The van der Waals surface area contributed by atoms with Crippen molar-refractivity contribution in [3.63, 3.8) is 0 Å². The van der Waals surface area contributed by atoms with Gasteiger partial charge >= 0.3 is 0 Å². The van der Waals surface area contributed by atoms with Crippen molar-refractivity contribution < 1.29 is 13.2 Å². The highest BCUT2D eigenvalue weighted by atomic mass is 32.2. The number of benzene rings is 2. The molecule has 0 aliphatic heterocycles. The molecule has 2 N–H and O–H groups in total. The summed E-state index contributed by atoms with van der Waals surface area (Å²) in [5.41, 5.74) is 4.03. The predicted octanol–water partition coefficient (Wildman–Crippen LogP) is 4.06. The fourth-order valence-corrected chi connectivity index (χ4v) is 4.68. The van der Waals surface area contributed by atoms with Gasteiger partial charge in [-0.3, -0.25) is 4.79 Å². The van der Waals surface area contributed by atoms with Gasteiger partial charge in [0.15, 0.2) is 0 Å². The zero-order valence-corrected chi connectivity index (χ0v) is 19.5. The smallest absolute Gasteiger partial charge is 0.220 e. The van der Waals surface area contributed by atoms with Crippen LogP contribution in [-0.2, 0) is 39.0 Å². The zero-order valence-electron chi connectivity index (χ0n) is 18.7. The molecule has 164 valence electrons. The normalized spacial score (nSPS) is 12.2. The Morgan fingerprint density at radius 3 is 2.13 bits per heavy atom. The summed E-state index contributed by atoms with van der Waals surface area (Å²) in [5, 5.41) is 2.92. The topological polar surface area (TPSA) is 75.3 Å². The van der Waals surface area contributed by atoms with Gasteiger partial charge < -0.3 is 5.32 Å². The molecule has 2 rings (SSSR count). The Labute approximate surface area is 181 Å². The van der Waals surface area contributed by atoms with Crippen LogP contribution in [0.4, 0.5) is 0 Å². The van der Waals surface area contributed by atoms with Crippen molar-refractivity contribution in [1.29, 1.82) is 0 Å². The molecule has 2 aromatic rings. The van der Waals surface area contributed by atoms with Crippen LogP contribution in [0.5, 0.6) is 0 Å². The van der Waals surface area contributed by atoms with Gasteiger partial charge in [0.2, 0.25) is 15.9 Å². The highest BCUT2D eigenvalue weighted by Crippen LogP contribution is 2.22. The van der Waals surface area contributed by atoms with Crippen LogP contribution in [0.15, 0.2) is 48.5 Å². The number of sulfonamides is 1. The van der Waals surface area contributed by atoms with Crippen LogP contribution in [0, 0.1) is 0 Å².